The van der Waals surface area contributed by atoms with E-state index in [2.05, 4.69) is 32.5 Å². The molecule has 1 amide bonds. The van der Waals surface area contributed by atoms with Gasteiger partial charge in [0, 0.05) is 11.0 Å². The number of ether oxygens (including phenoxy) is 2. The summed E-state index contributed by atoms with van der Waals surface area (Å²) in [5.41, 5.74) is 1.73. The van der Waals surface area contributed by atoms with Gasteiger partial charge in [-0.05, 0) is 49.7 Å². The van der Waals surface area contributed by atoms with Gasteiger partial charge in [0.05, 0.1) is 30.8 Å². The van der Waals surface area contributed by atoms with Gasteiger partial charge in [0.1, 0.15) is 24.0 Å². The Kier molecular flexibility index (Phi) is 7.40. The lowest BCUT2D eigenvalue weighted by molar-refractivity contribution is -0.111. The molecular weight excluding hydrogens is 489 g/mol. The summed E-state index contributed by atoms with van der Waals surface area (Å²) >= 11 is 6.36. The molecular formula is C24H25ClN5O4P. The van der Waals surface area contributed by atoms with E-state index in [1.54, 1.807) is 31.5 Å². The van der Waals surface area contributed by atoms with Gasteiger partial charge in [-0.15, -0.1) is 0 Å². The molecule has 0 spiro atoms. The highest BCUT2D eigenvalue weighted by Crippen LogP contribution is 2.39. The molecule has 9 nitrogen and oxygen atoms in total. The van der Waals surface area contributed by atoms with Crippen LogP contribution >= 0.6 is 18.7 Å². The van der Waals surface area contributed by atoms with Gasteiger partial charge in [-0.25, -0.2) is 4.98 Å². The molecule has 35 heavy (non-hydrogen) atoms. The van der Waals surface area contributed by atoms with E-state index in [1.165, 1.54) is 12.3 Å². The van der Waals surface area contributed by atoms with Crippen LogP contribution in [0.5, 0.6) is 5.75 Å². The third-order valence-corrected chi connectivity index (χ3v) is 6.89. The number of anilines is 5. The van der Waals surface area contributed by atoms with Crippen LogP contribution in [-0.4, -0.2) is 48.5 Å². The zero-order valence-electron chi connectivity index (χ0n) is 19.2. The standard InChI is InChI=1S/C24H25ClN5O4P/c1-4-22(31)27-15-9-10-20(34-16-13-33-14-16)19(11-15)29-24-26-12-17(25)23(30-24)28-18-7-5-6-8-21(18)35(2,3)32/h4-12,16H,1,13-14H2,2-3H3,(H,27,31)(H2,26,28,29,30). The highest BCUT2D eigenvalue weighted by molar-refractivity contribution is 7.70. The smallest absolute Gasteiger partial charge is 0.247 e. The second kappa shape index (κ2) is 10.5. The van der Waals surface area contributed by atoms with Crippen LogP contribution in [0.2, 0.25) is 5.02 Å². The number of carbonyl (C=O) groups excluding carboxylic acids is 1. The topological polar surface area (TPSA) is 114 Å². The maximum absolute atomic E-state index is 12.7. The van der Waals surface area contributed by atoms with Crippen LogP contribution in [0.25, 0.3) is 0 Å². The van der Waals surface area contributed by atoms with Crippen LogP contribution in [-0.2, 0) is 14.1 Å². The molecule has 2 heterocycles. The lowest BCUT2D eigenvalue weighted by Crippen LogP contribution is -2.38. The molecule has 2 aromatic carbocycles. The molecule has 0 unspecified atom stereocenters. The summed E-state index contributed by atoms with van der Waals surface area (Å²) in [7, 11) is -2.55. The number of halogens is 1. The molecule has 3 aromatic rings. The van der Waals surface area contributed by atoms with E-state index >= 15 is 0 Å². The number of para-hydroxylation sites is 1. The maximum Gasteiger partial charge on any atom is 0.247 e. The highest BCUT2D eigenvalue weighted by atomic mass is 35.5. The molecule has 1 aromatic heterocycles. The van der Waals surface area contributed by atoms with Gasteiger partial charge in [-0.1, -0.05) is 30.3 Å². The van der Waals surface area contributed by atoms with Crippen molar-refractivity contribution in [1.29, 1.82) is 0 Å². The monoisotopic (exact) mass is 513 g/mol. The maximum atomic E-state index is 12.7. The number of nitrogens with zero attached hydrogens (tertiary/aromatic N) is 2. The van der Waals surface area contributed by atoms with Gasteiger partial charge < -0.3 is 30.0 Å². The first-order valence-electron chi connectivity index (χ1n) is 10.8. The molecule has 11 heteroatoms. The average Bonchev–Trinajstić information content (AvgIpc) is 2.79. The van der Waals surface area contributed by atoms with Crippen molar-refractivity contribution in [2.45, 2.75) is 6.10 Å². The van der Waals surface area contributed by atoms with E-state index in [1.807, 2.05) is 24.3 Å². The Morgan fingerprint density at radius 3 is 2.66 bits per heavy atom. The number of hydrogen-bond acceptors (Lipinski definition) is 8. The third kappa shape index (κ3) is 6.19. The first-order valence-corrected chi connectivity index (χ1v) is 13.7. The zero-order chi connectivity index (χ0) is 25.0. The van der Waals surface area contributed by atoms with Crippen molar-refractivity contribution in [3.05, 3.63) is 66.3 Å². The number of rotatable bonds is 9. The number of hydrogen-bond donors (Lipinski definition) is 3. The lowest BCUT2D eigenvalue weighted by atomic mass is 10.2. The van der Waals surface area contributed by atoms with Gasteiger partial charge in [0.25, 0.3) is 0 Å². The normalized spacial score (nSPS) is 13.5. The van der Waals surface area contributed by atoms with Crippen LogP contribution in [0, 0.1) is 0 Å². The summed E-state index contributed by atoms with van der Waals surface area (Å²) < 4.78 is 23.9. The van der Waals surface area contributed by atoms with Gasteiger partial charge in [-0.3, -0.25) is 4.79 Å². The van der Waals surface area contributed by atoms with Crippen molar-refractivity contribution in [1.82, 2.24) is 9.97 Å². The van der Waals surface area contributed by atoms with Crippen molar-refractivity contribution < 1.29 is 18.8 Å². The first kappa shape index (κ1) is 24.7. The second-order valence-corrected chi connectivity index (χ2v) is 11.8. The molecule has 3 N–H and O–H groups in total. The predicted molar refractivity (Wildman–Crippen MR) is 140 cm³/mol. The Morgan fingerprint density at radius 1 is 1.20 bits per heavy atom. The fourth-order valence-corrected chi connectivity index (χ4v) is 4.57. The summed E-state index contributed by atoms with van der Waals surface area (Å²) in [6.45, 7) is 7.88. The lowest BCUT2D eigenvalue weighted by Gasteiger charge is -2.28. The largest absolute Gasteiger partial charge is 0.483 e. The van der Waals surface area contributed by atoms with Crippen molar-refractivity contribution in [3.63, 3.8) is 0 Å². The molecule has 0 radical (unpaired) electrons. The fraction of sp³-hybridized carbons (Fsp3) is 0.208. The Morgan fingerprint density at radius 2 is 1.97 bits per heavy atom. The van der Waals surface area contributed by atoms with E-state index < -0.39 is 7.14 Å². The first-order chi connectivity index (χ1) is 16.7. The van der Waals surface area contributed by atoms with E-state index in [0.717, 1.165) is 0 Å². The molecule has 0 saturated carbocycles. The minimum atomic E-state index is -2.55. The summed E-state index contributed by atoms with van der Waals surface area (Å²) in [4.78, 5) is 20.5. The van der Waals surface area contributed by atoms with Crippen LogP contribution < -0.4 is 26.0 Å². The van der Waals surface area contributed by atoms with Crippen molar-refractivity contribution >= 4 is 58.8 Å². The van der Waals surface area contributed by atoms with Gasteiger partial charge in [0.2, 0.25) is 11.9 Å². The molecule has 0 aliphatic carbocycles. The zero-order valence-corrected chi connectivity index (χ0v) is 20.9. The average molecular weight is 514 g/mol. The van der Waals surface area contributed by atoms with Crippen molar-refractivity contribution in [3.8, 4) is 5.75 Å². The van der Waals surface area contributed by atoms with Crippen molar-refractivity contribution in [2.75, 3.05) is 42.5 Å². The van der Waals surface area contributed by atoms with Gasteiger partial charge >= 0.3 is 0 Å². The quantitative estimate of drug-likeness (QED) is 0.277. The SMILES string of the molecule is C=CC(=O)Nc1ccc(OC2COC2)c(Nc2ncc(Cl)c(Nc3ccccc3P(C)(C)=O)n2)c1. The van der Waals surface area contributed by atoms with Crippen molar-refractivity contribution in [2.24, 2.45) is 0 Å². The van der Waals surface area contributed by atoms with Gasteiger partial charge in [0.15, 0.2) is 5.82 Å². The minimum absolute atomic E-state index is 0.0668. The van der Waals surface area contributed by atoms with Crippen LogP contribution in [0.4, 0.5) is 28.8 Å². The highest BCUT2D eigenvalue weighted by Gasteiger charge is 2.22. The van der Waals surface area contributed by atoms with Crippen LogP contribution in [0.3, 0.4) is 0 Å². The molecule has 0 bridgehead atoms. The number of benzene rings is 2. The summed E-state index contributed by atoms with van der Waals surface area (Å²) in [6, 6.07) is 12.5. The van der Waals surface area contributed by atoms with Gasteiger partial charge in [-0.2, -0.15) is 4.98 Å². The third-order valence-electron chi connectivity index (χ3n) is 5.06. The predicted octanol–water partition coefficient (Wildman–Crippen LogP) is 4.77. The Bertz CT molecular complexity index is 1310. The Labute approximate surface area is 208 Å². The summed E-state index contributed by atoms with van der Waals surface area (Å²) in [5.74, 6) is 0.795. The minimum Gasteiger partial charge on any atom is -0.483 e. The summed E-state index contributed by atoms with van der Waals surface area (Å²) in [6.07, 6.45) is 2.58. The molecule has 1 aliphatic rings. The second-order valence-electron chi connectivity index (χ2n) is 8.19. The number of carbonyl (C=O) groups is 1. The van der Waals surface area contributed by atoms with Crippen LogP contribution in [0.15, 0.2) is 61.3 Å². The van der Waals surface area contributed by atoms with E-state index in [4.69, 9.17) is 21.1 Å². The van der Waals surface area contributed by atoms with E-state index in [9.17, 15) is 9.36 Å². The van der Waals surface area contributed by atoms with Crippen LogP contribution in [0.1, 0.15) is 0 Å². The molecule has 1 aliphatic heterocycles. The molecule has 0 atom stereocenters. The Balaban J connectivity index is 1.63. The number of nitrogens with one attached hydrogen (secondary N) is 3. The van der Waals surface area contributed by atoms with E-state index in [-0.39, 0.29) is 18.0 Å². The molecule has 1 saturated heterocycles. The summed E-state index contributed by atoms with van der Waals surface area (Å²) in [5, 5.41) is 10.0. The van der Waals surface area contributed by atoms with E-state index in [0.29, 0.717) is 52.2 Å². The fourth-order valence-electron chi connectivity index (χ4n) is 3.28. The molecule has 4 rings (SSSR count). The molecule has 182 valence electrons. The molecule has 1 fully saturated rings. The number of amides is 1. The Hall–Kier alpha value is -3.39. The number of aromatic nitrogens is 2.